The Balaban J connectivity index is 3.24. The molecule has 0 heterocycles. The van der Waals surface area contributed by atoms with E-state index >= 15 is 0 Å². The molecule has 1 rings (SSSR count). The number of halogens is 6. The van der Waals surface area contributed by atoms with Crippen LogP contribution in [0.3, 0.4) is 0 Å². The van der Waals surface area contributed by atoms with Crippen LogP contribution in [0.4, 0.5) is 22.0 Å². The Bertz CT molecular complexity index is 557. The van der Waals surface area contributed by atoms with E-state index in [1.165, 1.54) is 0 Å². The van der Waals surface area contributed by atoms with E-state index in [4.69, 9.17) is 10.7 Å². The van der Waals surface area contributed by atoms with Crippen LogP contribution in [0.25, 0.3) is 0 Å². The maximum absolute atomic E-state index is 12.0. The van der Waals surface area contributed by atoms with Gasteiger partial charge in [0.2, 0.25) is 0 Å². The molecule has 11 heteroatoms. The van der Waals surface area contributed by atoms with Crippen LogP contribution < -0.4 is 9.47 Å². The summed E-state index contributed by atoms with van der Waals surface area (Å²) in [6, 6.07) is 1.51. The minimum absolute atomic E-state index is 0.327. The Morgan fingerprint density at radius 1 is 1.21 bits per heavy atom. The Morgan fingerprint density at radius 3 is 2.21 bits per heavy atom. The summed E-state index contributed by atoms with van der Waals surface area (Å²) in [4.78, 5) is -1.06. The van der Waals surface area contributed by atoms with Crippen LogP contribution in [0.2, 0.25) is 0 Å². The second-order valence-electron chi connectivity index (χ2n) is 2.97. The lowest BCUT2D eigenvalue weighted by Gasteiger charge is -2.12. The van der Waals surface area contributed by atoms with Crippen molar-refractivity contribution in [1.82, 2.24) is 0 Å². The SMILES string of the molecule is O=S(=O)(Cl)c1cc(OC(F)(F)F)ccc1OC(F)F. The normalized spacial score (nSPS) is 12.6. The molecule has 0 unspecified atom stereocenters. The predicted molar refractivity (Wildman–Crippen MR) is 52.8 cm³/mol. The highest BCUT2D eigenvalue weighted by Crippen LogP contribution is 2.33. The van der Waals surface area contributed by atoms with E-state index in [1.54, 1.807) is 0 Å². The predicted octanol–water partition coefficient (Wildman–Crippen LogP) is 3.11. The maximum atomic E-state index is 12.0. The van der Waals surface area contributed by atoms with Crippen molar-refractivity contribution in [2.24, 2.45) is 0 Å². The summed E-state index contributed by atoms with van der Waals surface area (Å²) >= 11 is 0. The first-order valence-corrected chi connectivity index (χ1v) is 6.59. The molecule has 0 aliphatic rings. The molecule has 4 nitrogen and oxygen atoms in total. The van der Waals surface area contributed by atoms with Crippen LogP contribution in [0, 0.1) is 0 Å². The molecule has 0 saturated heterocycles. The lowest BCUT2D eigenvalue weighted by atomic mass is 10.3. The average molecular weight is 327 g/mol. The third-order valence-corrected chi connectivity index (χ3v) is 2.97. The van der Waals surface area contributed by atoms with E-state index in [9.17, 15) is 30.4 Å². The second kappa shape index (κ2) is 5.37. The molecular formula is C8H4ClF5O4S. The molecule has 0 aliphatic heterocycles. The van der Waals surface area contributed by atoms with Gasteiger partial charge in [-0.25, -0.2) is 8.42 Å². The van der Waals surface area contributed by atoms with Gasteiger partial charge in [0.1, 0.15) is 16.4 Å². The van der Waals surface area contributed by atoms with Gasteiger partial charge < -0.3 is 9.47 Å². The number of rotatable bonds is 4. The molecule has 1 aromatic rings. The smallest absolute Gasteiger partial charge is 0.433 e. The Labute approximate surface area is 108 Å². The molecule has 0 saturated carbocycles. The largest absolute Gasteiger partial charge is 0.573 e. The Morgan fingerprint density at radius 2 is 1.79 bits per heavy atom. The van der Waals surface area contributed by atoms with Crippen molar-refractivity contribution < 1.29 is 39.8 Å². The van der Waals surface area contributed by atoms with E-state index in [1.807, 2.05) is 0 Å². The van der Waals surface area contributed by atoms with Gasteiger partial charge >= 0.3 is 13.0 Å². The van der Waals surface area contributed by atoms with Crippen molar-refractivity contribution in [2.45, 2.75) is 17.9 Å². The Kier molecular flexibility index (Phi) is 4.46. The molecule has 0 aromatic heterocycles. The van der Waals surface area contributed by atoms with Gasteiger partial charge in [-0.1, -0.05) is 0 Å². The zero-order chi connectivity index (χ0) is 14.8. The highest BCUT2D eigenvalue weighted by Gasteiger charge is 2.32. The minimum Gasteiger partial charge on any atom is -0.433 e. The molecule has 108 valence electrons. The highest BCUT2D eigenvalue weighted by molar-refractivity contribution is 8.13. The standard InChI is InChI=1S/C8H4ClF5O4S/c9-19(15,16)6-3-4(18-8(12,13)14)1-2-5(6)17-7(10)11/h1-3,7H. The lowest BCUT2D eigenvalue weighted by Crippen LogP contribution is -2.17. The van der Waals surface area contributed by atoms with Gasteiger partial charge in [0, 0.05) is 16.7 Å². The first kappa shape index (κ1) is 15.8. The van der Waals surface area contributed by atoms with Gasteiger partial charge in [-0.3, -0.25) is 0 Å². The van der Waals surface area contributed by atoms with E-state index in [2.05, 4.69) is 9.47 Å². The van der Waals surface area contributed by atoms with Gasteiger partial charge in [0.05, 0.1) is 0 Å². The third kappa shape index (κ3) is 5.07. The highest BCUT2D eigenvalue weighted by atomic mass is 35.7. The molecule has 0 fully saturated rings. The quantitative estimate of drug-likeness (QED) is 0.630. The number of alkyl halides is 5. The monoisotopic (exact) mass is 326 g/mol. The minimum atomic E-state index is -5.07. The molecular weight excluding hydrogens is 323 g/mol. The van der Waals surface area contributed by atoms with Gasteiger partial charge in [-0.05, 0) is 12.1 Å². The summed E-state index contributed by atoms with van der Waals surface area (Å²) in [7, 11) is 0.310. The summed E-state index contributed by atoms with van der Waals surface area (Å²) in [6.45, 7) is -3.37. The summed E-state index contributed by atoms with van der Waals surface area (Å²) in [6.07, 6.45) is -5.07. The van der Waals surface area contributed by atoms with Gasteiger partial charge in [-0.2, -0.15) is 8.78 Å². The zero-order valence-corrected chi connectivity index (χ0v) is 10.2. The van der Waals surface area contributed by atoms with Crippen molar-refractivity contribution in [3.05, 3.63) is 18.2 Å². The van der Waals surface area contributed by atoms with E-state index in [0.29, 0.717) is 18.2 Å². The topological polar surface area (TPSA) is 52.6 Å². The lowest BCUT2D eigenvalue weighted by molar-refractivity contribution is -0.274. The summed E-state index contributed by atoms with van der Waals surface area (Å²) in [5, 5.41) is 0. The first-order valence-electron chi connectivity index (χ1n) is 4.28. The van der Waals surface area contributed by atoms with Crippen LogP contribution in [0.1, 0.15) is 0 Å². The first-order chi connectivity index (χ1) is 8.49. The summed E-state index contributed by atoms with van der Waals surface area (Å²) in [5.74, 6) is -1.83. The summed E-state index contributed by atoms with van der Waals surface area (Å²) in [5.41, 5.74) is 0. The average Bonchev–Trinajstić information content (AvgIpc) is 2.15. The van der Waals surface area contributed by atoms with E-state index < -0.39 is 38.4 Å². The fourth-order valence-corrected chi connectivity index (χ4v) is 2.04. The van der Waals surface area contributed by atoms with Crippen molar-refractivity contribution in [1.29, 1.82) is 0 Å². The number of ether oxygens (including phenoxy) is 2. The van der Waals surface area contributed by atoms with Crippen molar-refractivity contribution in [3.8, 4) is 11.5 Å². The van der Waals surface area contributed by atoms with Gasteiger partial charge in [0.25, 0.3) is 9.05 Å². The fourth-order valence-electron chi connectivity index (χ4n) is 1.07. The Hall–Kier alpha value is -1.29. The van der Waals surface area contributed by atoms with Crippen LogP contribution >= 0.6 is 10.7 Å². The van der Waals surface area contributed by atoms with E-state index in [-0.39, 0.29) is 0 Å². The third-order valence-electron chi connectivity index (χ3n) is 1.63. The molecule has 0 radical (unpaired) electrons. The van der Waals surface area contributed by atoms with Gasteiger partial charge in [-0.15, -0.1) is 13.2 Å². The van der Waals surface area contributed by atoms with Crippen LogP contribution in [-0.2, 0) is 9.05 Å². The molecule has 0 bridgehead atoms. The molecule has 0 spiro atoms. The molecule has 0 N–H and O–H groups in total. The van der Waals surface area contributed by atoms with E-state index in [0.717, 1.165) is 0 Å². The molecule has 19 heavy (non-hydrogen) atoms. The second-order valence-corrected chi connectivity index (χ2v) is 5.51. The van der Waals surface area contributed by atoms with Crippen molar-refractivity contribution in [3.63, 3.8) is 0 Å². The zero-order valence-electron chi connectivity index (χ0n) is 8.62. The van der Waals surface area contributed by atoms with Crippen LogP contribution in [0.15, 0.2) is 23.1 Å². The molecule has 0 amide bonds. The van der Waals surface area contributed by atoms with Crippen LogP contribution in [0.5, 0.6) is 11.5 Å². The fraction of sp³-hybridized carbons (Fsp3) is 0.250. The number of benzene rings is 1. The number of hydrogen-bond donors (Lipinski definition) is 0. The molecule has 1 aromatic carbocycles. The van der Waals surface area contributed by atoms with Crippen molar-refractivity contribution in [2.75, 3.05) is 0 Å². The summed E-state index contributed by atoms with van der Waals surface area (Å²) < 4.78 is 89.1. The van der Waals surface area contributed by atoms with Crippen molar-refractivity contribution >= 4 is 19.7 Å². The van der Waals surface area contributed by atoms with Crippen LogP contribution in [-0.4, -0.2) is 21.4 Å². The molecule has 0 aliphatic carbocycles. The number of hydrogen-bond acceptors (Lipinski definition) is 4. The van der Waals surface area contributed by atoms with Gasteiger partial charge in [0.15, 0.2) is 0 Å². The molecule has 0 atom stereocenters. The maximum Gasteiger partial charge on any atom is 0.573 e.